The second kappa shape index (κ2) is 6.00. The Kier molecular flexibility index (Phi) is 4.65. The van der Waals surface area contributed by atoms with Crippen LogP contribution in [0, 0.1) is 6.92 Å². The summed E-state index contributed by atoms with van der Waals surface area (Å²) in [6.07, 6.45) is 1.14. The number of carboxylic acids is 1. The van der Waals surface area contributed by atoms with E-state index in [-0.39, 0.29) is 12.3 Å². The predicted molar refractivity (Wildman–Crippen MR) is 66.8 cm³/mol. The summed E-state index contributed by atoms with van der Waals surface area (Å²) in [5.41, 5.74) is 8.44. The van der Waals surface area contributed by atoms with Crippen molar-refractivity contribution in [1.82, 2.24) is 4.98 Å². The molecule has 0 bridgehead atoms. The molecule has 0 aliphatic carbocycles. The maximum Gasteiger partial charge on any atom is 0.303 e. The van der Waals surface area contributed by atoms with E-state index in [9.17, 15) is 4.79 Å². The van der Waals surface area contributed by atoms with Crippen molar-refractivity contribution in [1.29, 1.82) is 0 Å². The first-order valence-electron chi connectivity index (χ1n) is 5.68. The molecular formula is C12H17N3O3. The number of nitrogens with zero attached hydrogens (tertiary/aromatic N) is 2. The van der Waals surface area contributed by atoms with Gasteiger partial charge in [0.15, 0.2) is 5.84 Å². The zero-order chi connectivity index (χ0) is 13.7. The van der Waals surface area contributed by atoms with Crippen LogP contribution in [0.2, 0.25) is 0 Å². The van der Waals surface area contributed by atoms with Gasteiger partial charge in [-0.2, -0.15) is 0 Å². The quantitative estimate of drug-likeness (QED) is 0.314. The van der Waals surface area contributed by atoms with Crippen LogP contribution in [0.15, 0.2) is 11.2 Å². The molecule has 0 aromatic carbocycles. The molecule has 0 unspecified atom stereocenters. The van der Waals surface area contributed by atoms with Crippen molar-refractivity contribution in [3.05, 3.63) is 28.6 Å². The topological polar surface area (TPSA) is 109 Å². The molecule has 1 rings (SSSR count). The first-order valence-corrected chi connectivity index (χ1v) is 5.68. The van der Waals surface area contributed by atoms with Gasteiger partial charge in [0.2, 0.25) is 0 Å². The third-order valence-electron chi connectivity index (χ3n) is 2.72. The van der Waals surface area contributed by atoms with Crippen molar-refractivity contribution >= 4 is 11.8 Å². The van der Waals surface area contributed by atoms with Crippen LogP contribution >= 0.6 is 0 Å². The summed E-state index contributed by atoms with van der Waals surface area (Å²) in [5, 5.41) is 20.3. The minimum Gasteiger partial charge on any atom is -0.481 e. The van der Waals surface area contributed by atoms with E-state index in [4.69, 9.17) is 16.0 Å². The molecule has 98 valence electrons. The number of rotatable bonds is 5. The molecule has 1 aromatic rings. The van der Waals surface area contributed by atoms with Gasteiger partial charge in [0.05, 0.1) is 6.42 Å². The van der Waals surface area contributed by atoms with E-state index in [1.54, 1.807) is 13.0 Å². The van der Waals surface area contributed by atoms with Gasteiger partial charge in [-0.1, -0.05) is 12.1 Å². The van der Waals surface area contributed by atoms with Crippen molar-refractivity contribution in [2.75, 3.05) is 0 Å². The van der Waals surface area contributed by atoms with E-state index in [2.05, 4.69) is 10.1 Å². The first-order chi connectivity index (χ1) is 8.49. The Balaban J connectivity index is 3.14. The molecule has 4 N–H and O–H groups in total. The Labute approximate surface area is 105 Å². The molecule has 1 heterocycles. The Morgan fingerprint density at radius 2 is 2.22 bits per heavy atom. The number of aryl methyl sites for hydroxylation is 3. The van der Waals surface area contributed by atoms with E-state index in [1.807, 2.05) is 6.92 Å². The number of pyridine rings is 1. The van der Waals surface area contributed by atoms with Gasteiger partial charge in [0.25, 0.3) is 0 Å². The van der Waals surface area contributed by atoms with Crippen molar-refractivity contribution in [3.63, 3.8) is 0 Å². The second-order valence-corrected chi connectivity index (χ2v) is 3.96. The average Bonchev–Trinajstić information content (AvgIpc) is 2.35. The fourth-order valence-corrected chi connectivity index (χ4v) is 1.76. The van der Waals surface area contributed by atoms with E-state index in [0.29, 0.717) is 24.1 Å². The highest BCUT2D eigenvalue weighted by Gasteiger charge is 2.12. The number of amidine groups is 1. The van der Waals surface area contributed by atoms with Gasteiger partial charge in [-0.25, -0.2) is 0 Å². The third kappa shape index (κ3) is 3.19. The van der Waals surface area contributed by atoms with E-state index < -0.39 is 5.97 Å². The summed E-state index contributed by atoms with van der Waals surface area (Å²) in [6, 6.07) is 1.80. The van der Waals surface area contributed by atoms with Crippen LogP contribution in [-0.2, 0) is 17.6 Å². The fraction of sp³-hybridized carbons (Fsp3) is 0.417. The number of carbonyl (C=O) groups is 1. The van der Waals surface area contributed by atoms with Gasteiger partial charge < -0.3 is 16.0 Å². The van der Waals surface area contributed by atoms with Crippen LogP contribution < -0.4 is 5.73 Å². The largest absolute Gasteiger partial charge is 0.481 e. The minimum absolute atomic E-state index is 0.0134. The number of aliphatic carboxylic acids is 1. The van der Waals surface area contributed by atoms with Crippen LogP contribution in [0.5, 0.6) is 0 Å². The predicted octanol–water partition coefficient (Wildman–Crippen LogP) is 1.06. The standard InChI is InChI=1S/C12H17N3O3/c1-3-8-6-9(12(13)15-18)7(2)14-10(8)4-5-11(16)17/h6,18H,3-5H2,1-2H3,(H2,13,15)(H,16,17). The van der Waals surface area contributed by atoms with E-state index >= 15 is 0 Å². The lowest BCUT2D eigenvalue weighted by Crippen LogP contribution is -2.17. The summed E-state index contributed by atoms with van der Waals surface area (Å²) < 4.78 is 0. The highest BCUT2D eigenvalue weighted by atomic mass is 16.4. The van der Waals surface area contributed by atoms with Crippen LogP contribution in [0.3, 0.4) is 0 Å². The Morgan fingerprint density at radius 3 is 2.72 bits per heavy atom. The molecule has 0 amide bonds. The maximum absolute atomic E-state index is 10.6. The van der Waals surface area contributed by atoms with Crippen molar-refractivity contribution < 1.29 is 15.1 Å². The van der Waals surface area contributed by atoms with Gasteiger partial charge in [-0.05, 0) is 25.0 Å². The first kappa shape index (κ1) is 14.0. The fourth-order valence-electron chi connectivity index (χ4n) is 1.76. The van der Waals surface area contributed by atoms with Crippen LogP contribution in [0.1, 0.15) is 35.9 Å². The van der Waals surface area contributed by atoms with Crippen LogP contribution in [0.25, 0.3) is 0 Å². The molecule has 0 saturated heterocycles. The molecule has 0 atom stereocenters. The minimum atomic E-state index is -0.850. The van der Waals surface area contributed by atoms with Gasteiger partial charge in [-0.3, -0.25) is 9.78 Å². The molecule has 0 spiro atoms. The van der Waals surface area contributed by atoms with Crippen molar-refractivity contribution in [2.45, 2.75) is 33.1 Å². The molecule has 0 aliphatic rings. The lowest BCUT2D eigenvalue weighted by molar-refractivity contribution is -0.136. The summed E-state index contributed by atoms with van der Waals surface area (Å²) in [5.74, 6) is -0.837. The number of aromatic nitrogens is 1. The molecule has 0 aliphatic heterocycles. The summed E-state index contributed by atoms with van der Waals surface area (Å²) in [7, 11) is 0. The van der Waals surface area contributed by atoms with Crippen LogP contribution in [-0.4, -0.2) is 27.1 Å². The Bertz CT molecular complexity index is 484. The number of oxime groups is 1. The van der Waals surface area contributed by atoms with E-state index in [0.717, 1.165) is 11.3 Å². The molecule has 6 nitrogen and oxygen atoms in total. The smallest absolute Gasteiger partial charge is 0.303 e. The molecule has 6 heteroatoms. The molecular weight excluding hydrogens is 234 g/mol. The zero-order valence-corrected chi connectivity index (χ0v) is 10.5. The SMILES string of the molecule is CCc1cc(/C(N)=N\O)c(C)nc1CCC(=O)O. The number of hydrogen-bond acceptors (Lipinski definition) is 4. The molecule has 18 heavy (non-hydrogen) atoms. The van der Waals surface area contributed by atoms with E-state index in [1.165, 1.54) is 0 Å². The monoisotopic (exact) mass is 251 g/mol. The maximum atomic E-state index is 10.6. The molecule has 1 aromatic heterocycles. The Hall–Kier alpha value is -2.11. The van der Waals surface area contributed by atoms with Gasteiger partial charge in [-0.15, -0.1) is 0 Å². The van der Waals surface area contributed by atoms with Crippen molar-refractivity contribution in [3.8, 4) is 0 Å². The average molecular weight is 251 g/mol. The number of carboxylic acid groups (broad SMARTS) is 1. The number of nitrogens with two attached hydrogens (primary N) is 1. The molecule has 0 radical (unpaired) electrons. The summed E-state index contributed by atoms with van der Waals surface area (Å²) in [6.45, 7) is 3.70. The highest BCUT2D eigenvalue weighted by molar-refractivity contribution is 5.98. The third-order valence-corrected chi connectivity index (χ3v) is 2.72. The summed E-state index contributed by atoms with van der Waals surface area (Å²) in [4.78, 5) is 14.9. The Morgan fingerprint density at radius 1 is 1.56 bits per heavy atom. The van der Waals surface area contributed by atoms with Crippen LogP contribution in [0.4, 0.5) is 0 Å². The lowest BCUT2D eigenvalue weighted by atomic mass is 10.0. The number of hydrogen-bond donors (Lipinski definition) is 3. The zero-order valence-electron chi connectivity index (χ0n) is 10.5. The highest BCUT2D eigenvalue weighted by Crippen LogP contribution is 2.15. The molecule has 0 saturated carbocycles. The molecule has 0 fully saturated rings. The second-order valence-electron chi connectivity index (χ2n) is 3.96. The van der Waals surface area contributed by atoms with Gasteiger partial charge >= 0.3 is 5.97 Å². The normalized spacial score (nSPS) is 11.6. The summed E-state index contributed by atoms with van der Waals surface area (Å²) >= 11 is 0. The lowest BCUT2D eigenvalue weighted by Gasteiger charge is -2.11. The van der Waals surface area contributed by atoms with Gasteiger partial charge in [0, 0.05) is 23.4 Å². The van der Waals surface area contributed by atoms with Gasteiger partial charge in [0.1, 0.15) is 0 Å². The van der Waals surface area contributed by atoms with Crippen molar-refractivity contribution in [2.24, 2.45) is 10.9 Å².